The Morgan fingerprint density at radius 1 is 1.47 bits per heavy atom. The number of benzene rings is 1. The predicted molar refractivity (Wildman–Crippen MR) is 73.0 cm³/mol. The van der Waals surface area contributed by atoms with Crippen LogP contribution >= 0.6 is 0 Å². The van der Waals surface area contributed by atoms with E-state index < -0.39 is 0 Å². The lowest BCUT2D eigenvalue weighted by atomic mass is 10.2. The van der Waals surface area contributed by atoms with Crippen molar-refractivity contribution in [2.45, 2.75) is 13.0 Å². The van der Waals surface area contributed by atoms with Crippen LogP contribution in [0.2, 0.25) is 0 Å². The molecular formula is C14H20N2O3. The zero-order valence-corrected chi connectivity index (χ0v) is 11.2. The summed E-state index contributed by atoms with van der Waals surface area (Å²) < 4.78 is 10.7. The van der Waals surface area contributed by atoms with Gasteiger partial charge in [0.15, 0.2) is 0 Å². The van der Waals surface area contributed by atoms with Gasteiger partial charge in [-0.3, -0.25) is 4.90 Å². The third kappa shape index (κ3) is 4.22. The van der Waals surface area contributed by atoms with Gasteiger partial charge in [0.05, 0.1) is 18.3 Å². The van der Waals surface area contributed by atoms with Gasteiger partial charge in [-0.25, -0.2) is 4.79 Å². The van der Waals surface area contributed by atoms with E-state index in [0.29, 0.717) is 17.9 Å². The molecule has 0 saturated carbocycles. The first-order valence-electron chi connectivity index (χ1n) is 6.52. The molecule has 19 heavy (non-hydrogen) atoms. The molecule has 1 unspecified atom stereocenters. The number of esters is 1. The normalized spacial score (nSPS) is 20.2. The highest BCUT2D eigenvalue weighted by atomic mass is 16.5. The van der Waals surface area contributed by atoms with Gasteiger partial charge in [-0.05, 0) is 31.2 Å². The van der Waals surface area contributed by atoms with Gasteiger partial charge in [0.1, 0.15) is 6.61 Å². The van der Waals surface area contributed by atoms with Gasteiger partial charge < -0.3 is 15.2 Å². The average molecular weight is 264 g/mol. The van der Waals surface area contributed by atoms with Crippen LogP contribution in [0, 0.1) is 0 Å². The maximum absolute atomic E-state index is 11.8. The van der Waals surface area contributed by atoms with Crippen LogP contribution in [-0.2, 0) is 9.47 Å². The molecule has 0 aliphatic carbocycles. The fraction of sp³-hybridized carbons (Fsp3) is 0.500. The molecule has 1 aliphatic heterocycles. The molecule has 104 valence electrons. The summed E-state index contributed by atoms with van der Waals surface area (Å²) in [5, 5.41) is 0. The van der Waals surface area contributed by atoms with Crippen LogP contribution in [0.25, 0.3) is 0 Å². The van der Waals surface area contributed by atoms with E-state index in [9.17, 15) is 4.79 Å². The highest BCUT2D eigenvalue weighted by Gasteiger charge is 2.16. The van der Waals surface area contributed by atoms with Crippen LogP contribution in [0.15, 0.2) is 24.3 Å². The average Bonchev–Trinajstić information content (AvgIpc) is 2.39. The molecule has 0 aromatic heterocycles. The van der Waals surface area contributed by atoms with E-state index >= 15 is 0 Å². The molecule has 1 aromatic carbocycles. The Labute approximate surface area is 113 Å². The fourth-order valence-electron chi connectivity index (χ4n) is 2.06. The maximum atomic E-state index is 11.8. The minimum Gasteiger partial charge on any atom is -0.461 e. The van der Waals surface area contributed by atoms with Gasteiger partial charge in [-0.2, -0.15) is 0 Å². The molecule has 1 aliphatic rings. The van der Waals surface area contributed by atoms with Crippen LogP contribution in [0.1, 0.15) is 17.3 Å². The molecule has 0 spiro atoms. The zero-order chi connectivity index (χ0) is 13.7. The maximum Gasteiger partial charge on any atom is 0.338 e. The Morgan fingerprint density at radius 2 is 2.21 bits per heavy atom. The van der Waals surface area contributed by atoms with E-state index in [0.717, 1.165) is 26.2 Å². The number of nitrogens with two attached hydrogens (primary N) is 1. The second-order valence-electron chi connectivity index (χ2n) is 4.74. The zero-order valence-electron chi connectivity index (χ0n) is 11.2. The molecule has 0 amide bonds. The number of nitrogen functional groups attached to an aromatic ring is 1. The van der Waals surface area contributed by atoms with Gasteiger partial charge in [-0.1, -0.05) is 0 Å². The summed E-state index contributed by atoms with van der Waals surface area (Å²) in [6.07, 6.45) is 0.251. The Morgan fingerprint density at radius 3 is 2.89 bits per heavy atom. The minimum atomic E-state index is -0.304. The second kappa shape index (κ2) is 6.54. The fourth-order valence-corrected chi connectivity index (χ4v) is 2.06. The lowest BCUT2D eigenvalue weighted by Crippen LogP contribution is -2.42. The molecule has 0 bridgehead atoms. The first-order valence-corrected chi connectivity index (χ1v) is 6.52. The van der Waals surface area contributed by atoms with Gasteiger partial charge >= 0.3 is 5.97 Å². The highest BCUT2D eigenvalue weighted by Crippen LogP contribution is 2.07. The Kier molecular flexibility index (Phi) is 4.76. The van der Waals surface area contributed by atoms with Crippen LogP contribution in [-0.4, -0.2) is 49.8 Å². The molecule has 0 radical (unpaired) electrons. The second-order valence-corrected chi connectivity index (χ2v) is 4.74. The summed E-state index contributed by atoms with van der Waals surface area (Å²) >= 11 is 0. The molecule has 2 rings (SSSR count). The molecular weight excluding hydrogens is 244 g/mol. The van der Waals surface area contributed by atoms with E-state index in [-0.39, 0.29) is 12.1 Å². The summed E-state index contributed by atoms with van der Waals surface area (Å²) in [7, 11) is 0. The van der Waals surface area contributed by atoms with Gasteiger partial charge in [0.25, 0.3) is 0 Å². The standard InChI is InChI=1S/C14H20N2O3/c1-11-10-16(6-8-18-11)7-9-19-14(17)12-2-4-13(15)5-3-12/h2-5,11H,6-10,15H2,1H3. The molecule has 1 aromatic rings. The third-order valence-corrected chi connectivity index (χ3v) is 3.11. The van der Waals surface area contributed by atoms with Crippen LogP contribution < -0.4 is 5.73 Å². The molecule has 1 fully saturated rings. The molecule has 5 heteroatoms. The van der Waals surface area contributed by atoms with E-state index in [4.69, 9.17) is 15.2 Å². The quantitative estimate of drug-likeness (QED) is 0.652. The van der Waals surface area contributed by atoms with Gasteiger partial charge in [0.2, 0.25) is 0 Å². The number of ether oxygens (including phenoxy) is 2. The number of carbonyl (C=O) groups is 1. The molecule has 2 N–H and O–H groups in total. The lowest BCUT2D eigenvalue weighted by molar-refractivity contribution is -0.0246. The third-order valence-electron chi connectivity index (χ3n) is 3.11. The summed E-state index contributed by atoms with van der Waals surface area (Å²) in [5.74, 6) is -0.304. The number of hydrogen-bond donors (Lipinski definition) is 1. The van der Waals surface area contributed by atoms with Crippen molar-refractivity contribution in [2.24, 2.45) is 0 Å². The van der Waals surface area contributed by atoms with Crippen molar-refractivity contribution in [1.29, 1.82) is 0 Å². The number of carbonyl (C=O) groups excluding carboxylic acids is 1. The van der Waals surface area contributed by atoms with E-state index in [2.05, 4.69) is 4.90 Å². The smallest absolute Gasteiger partial charge is 0.338 e. The first kappa shape index (κ1) is 13.8. The Hall–Kier alpha value is -1.59. The summed E-state index contributed by atoms with van der Waals surface area (Å²) in [6.45, 7) is 5.72. The lowest BCUT2D eigenvalue weighted by Gasteiger charge is -2.30. The van der Waals surface area contributed by atoms with Crippen molar-refractivity contribution in [1.82, 2.24) is 4.90 Å². The molecule has 1 heterocycles. The van der Waals surface area contributed by atoms with E-state index in [1.165, 1.54) is 0 Å². The van der Waals surface area contributed by atoms with Crippen LogP contribution in [0.4, 0.5) is 5.69 Å². The number of rotatable bonds is 4. The van der Waals surface area contributed by atoms with Crippen molar-refractivity contribution in [3.05, 3.63) is 29.8 Å². The Bertz CT molecular complexity index is 419. The Balaban J connectivity index is 1.73. The summed E-state index contributed by atoms with van der Waals surface area (Å²) in [5.41, 5.74) is 6.74. The van der Waals surface area contributed by atoms with Crippen molar-refractivity contribution in [3.8, 4) is 0 Å². The minimum absolute atomic E-state index is 0.251. The van der Waals surface area contributed by atoms with Crippen LogP contribution in [0.3, 0.4) is 0 Å². The SMILES string of the molecule is CC1CN(CCOC(=O)c2ccc(N)cc2)CCO1. The largest absolute Gasteiger partial charge is 0.461 e. The van der Waals surface area contributed by atoms with E-state index in [1.807, 2.05) is 6.92 Å². The van der Waals surface area contributed by atoms with Crippen molar-refractivity contribution in [3.63, 3.8) is 0 Å². The summed E-state index contributed by atoms with van der Waals surface area (Å²) in [6, 6.07) is 6.74. The van der Waals surface area contributed by atoms with Gasteiger partial charge in [0, 0.05) is 25.3 Å². The first-order chi connectivity index (χ1) is 9.15. The van der Waals surface area contributed by atoms with Crippen molar-refractivity contribution >= 4 is 11.7 Å². The number of nitrogens with zero attached hydrogens (tertiary/aromatic N) is 1. The van der Waals surface area contributed by atoms with E-state index in [1.54, 1.807) is 24.3 Å². The molecule has 1 saturated heterocycles. The van der Waals surface area contributed by atoms with Crippen molar-refractivity contribution < 1.29 is 14.3 Å². The summed E-state index contributed by atoms with van der Waals surface area (Å²) in [4.78, 5) is 14.0. The molecule has 5 nitrogen and oxygen atoms in total. The topological polar surface area (TPSA) is 64.8 Å². The monoisotopic (exact) mass is 264 g/mol. The van der Waals surface area contributed by atoms with Crippen LogP contribution in [0.5, 0.6) is 0 Å². The van der Waals surface area contributed by atoms with Gasteiger partial charge in [-0.15, -0.1) is 0 Å². The van der Waals surface area contributed by atoms with Crippen molar-refractivity contribution in [2.75, 3.05) is 38.6 Å². The molecule has 1 atom stereocenters. The number of hydrogen-bond acceptors (Lipinski definition) is 5. The number of anilines is 1. The highest BCUT2D eigenvalue weighted by molar-refractivity contribution is 5.89. The predicted octanol–water partition coefficient (Wildman–Crippen LogP) is 1.15. The number of morpholine rings is 1.